The van der Waals surface area contributed by atoms with Crippen molar-refractivity contribution >= 4 is 39.7 Å². The summed E-state index contributed by atoms with van der Waals surface area (Å²) in [5, 5.41) is 8.33. The van der Waals surface area contributed by atoms with Crippen molar-refractivity contribution in [1.29, 1.82) is 0 Å². The minimum absolute atomic E-state index is 0.0290. The van der Waals surface area contributed by atoms with E-state index in [1.54, 1.807) is 18.2 Å². The maximum atomic E-state index is 11.3. The van der Waals surface area contributed by atoms with Gasteiger partial charge in [-0.3, -0.25) is 4.79 Å². The second kappa shape index (κ2) is 5.86. The lowest BCUT2D eigenvalue weighted by molar-refractivity contribution is 0.101. The zero-order valence-electron chi connectivity index (χ0n) is 9.80. The van der Waals surface area contributed by atoms with Crippen molar-refractivity contribution in [3.8, 4) is 0 Å². The van der Waals surface area contributed by atoms with Gasteiger partial charge in [0.2, 0.25) is 0 Å². The second-order valence-electron chi connectivity index (χ2n) is 3.76. The first kappa shape index (κ1) is 12.9. The van der Waals surface area contributed by atoms with E-state index >= 15 is 0 Å². The molecule has 2 aromatic rings. The van der Waals surface area contributed by atoms with Gasteiger partial charge in [-0.2, -0.15) is 5.11 Å². The van der Waals surface area contributed by atoms with Gasteiger partial charge in [-0.05, 0) is 53.8 Å². The average Bonchev–Trinajstić information content (AvgIpc) is 2.38. The van der Waals surface area contributed by atoms with E-state index in [1.807, 2.05) is 30.3 Å². The first-order chi connectivity index (χ1) is 8.66. The van der Waals surface area contributed by atoms with Crippen molar-refractivity contribution in [3.05, 3.63) is 57.7 Å². The number of hydrogen-bond acceptors (Lipinski definition) is 3. The van der Waals surface area contributed by atoms with Crippen LogP contribution in [0.5, 0.6) is 0 Å². The number of benzene rings is 2. The molecular formula is C14H11IN2O. The molecule has 0 bridgehead atoms. The first-order valence-electron chi connectivity index (χ1n) is 5.44. The summed E-state index contributed by atoms with van der Waals surface area (Å²) in [5.74, 6) is 0.0290. The fourth-order valence-electron chi connectivity index (χ4n) is 1.43. The average molecular weight is 350 g/mol. The van der Waals surface area contributed by atoms with Crippen molar-refractivity contribution < 1.29 is 4.79 Å². The van der Waals surface area contributed by atoms with Gasteiger partial charge >= 0.3 is 0 Å². The summed E-state index contributed by atoms with van der Waals surface area (Å²) >= 11 is 2.21. The number of carbonyl (C=O) groups excluding carboxylic acids is 1. The Morgan fingerprint density at radius 3 is 2.56 bits per heavy atom. The predicted octanol–water partition coefficient (Wildman–Crippen LogP) is 4.91. The molecule has 2 aromatic carbocycles. The van der Waals surface area contributed by atoms with Crippen LogP contribution in [0.2, 0.25) is 0 Å². The normalized spacial score (nSPS) is 10.8. The van der Waals surface area contributed by atoms with Crippen LogP contribution in [0.4, 0.5) is 11.4 Å². The van der Waals surface area contributed by atoms with Gasteiger partial charge < -0.3 is 0 Å². The van der Waals surface area contributed by atoms with Gasteiger partial charge in [0.1, 0.15) is 0 Å². The lowest BCUT2D eigenvalue weighted by Gasteiger charge is -1.98. The van der Waals surface area contributed by atoms with Crippen LogP contribution in [0.15, 0.2) is 58.8 Å². The number of Topliss-reactive ketones (excluding diaryl/α,β-unsaturated/α-hetero) is 1. The Bertz CT molecular complexity index is 608. The van der Waals surface area contributed by atoms with Crippen molar-refractivity contribution in [2.45, 2.75) is 6.92 Å². The Hall–Kier alpha value is -1.56. The molecule has 0 saturated carbocycles. The highest BCUT2D eigenvalue weighted by atomic mass is 127. The van der Waals surface area contributed by atoms with Crippen LogP contribution in [0.25, 0.3) is 0 Å². The van der Waals surface area contributed by atoms with Crippen molar-refractivity contribution in [2.75, 3.05) is 0 Å². The van der Waals surface area contributed by atoms with E-state index in [4.69, 9.17) is 0 Å². The number of carbonyl (C=O) groups is 1. The minimum Gasteiger partial charge on any atom is -0.295 e. The maximum Gasteiger partial charge on any atom is 0.159 e. The van der Waals surface area contributed by atoms with Crippen molar-refractivity contribution in [3.63, 3.8) is 0 Å². The summed E-state index contributed by atoms with van der Waals surface area (Å²) in [7, 11) is 0. The van der Waals surface area contributed by atoms with Gasteiger partial charge in [0.05, 0.1) is 11.4 Å². The van der Waals surface area contributed by atoms with E-state index in [0.717, 1.165) is 9.26 Å². The molecule has 0 aliphatic carbocycles. The lowest BCUT2D eigenvalue weighted by Crippen LogP contribution is -1.89. The van der Waals surface area contributed by atoms with E-state index in [-0.39, 0.29) is 5.78 Å². The number of nitrogens with zero attached hydrogens (tertiary/aromatic N) is 2. The van der Waals surface area contributed by atoms with Gasteiger partial charge in [-0.1, -0.05) is 24.3 Å². The quantitative estimate of drug-likeness (QED) is 0.441. The largest absolute Gasteiger partial charge is 0.295 e. The Kier molecular flexibility index (Phi) is 4.19. The van der Waals surface area contributed by atoms with Crippen LogP contribution in [-0.2, 0) is 0 Å². The maximum absolute atomic E-state index is 11.3. The summed E-state index contributed by atoms with van der Waals surface area (Å²) < 4.78 is 1.04. The van der Waals surface area contributed by atoms with E-state index in [0.29, 0.717) is 11.3 Å². The smallest absolute Gasteiger partial charge is 0.159 e. The molecule has 0 atom stereocenters. The molecule has 0 unspecified atom stereocenters. The van der Waals surface area contributed by atoms with Gasteiger partial charge in [-0.25, -0.2) is 0 Å². The monoisotopic (exact) mass is 350 g/mol. The Morgan fingerprint density at radius 2 is 1.83 bits per heavy atom. The number of halogens is 1. The molecule has 4 heteroatoms. The molecule has 90 valence electrons. The number of hydrogen-bond donors (Lipinski definition) is 0. The molecule has 0 aliphatic heterocycles. The molecule has 0 N–H and O–H groups in total. The number of rotatable bonds is 3. The highest BCUT2D eigenvalue weighted by molar-refractivity contribution is 14.1. The van der Waals surface area contributed by atoms with E-state index < -0.39 is 0 Å². The fourth-order valence-corrected chi connectivity index (χ4v) is 1.93. The van der Waals surface area contributed by atoms with E-state index in [2.05, 4.69) is 32.8 Å². The van der Waals surface area contributed by atoms with Gasteiger partial charge in [-0.15, -0.1) is 5.11 Å². The topological polar surface area (TPSA) is 41.8 Å². The molecule has 2 rings (SSSR count). The predicted molar refractivity (Wildman–Crippen MR) is 79.8 cm³/mol. The Balaban J connectivity index is 2.27. The zero-order chi connectivity index (χ0) is 13.0. The van der Waals surface area contributed by atoms with Gasteiger partial charge in [0.25, 0.3) is 0 Å². The van der Waals surface area contributed by atoms with Crippen LogP contribution >= 0.6 is 22.6 Å². The molecule has 0 saturated heterocycles. The molecular weight excluding hydrogens is 339 g/mol. The highest BCUT2D eigenvalue weighted by Crippen LogP contribution is 2.23. The molecule has 0 spiro atoms. The molecule has 0 aromatic heterocycles. The van der Waals surface area contributed by atoms with E-state index in [1.165, 1.54) is 6.92 Å². The van der Waals surface area contributed by atoms with E-state index in [9.17, 15) is 4.79 Å². The Morgan fingerprint density at radius 1 is 1.06 bits per heavy atom. The fraction of sp³-hybridized carbons (Fsp3) is 0.0714. The third-order valence-electron chi connectivity index (χ3n) is 2.38. The molecule has 0 fully saturated rings. The summed E-state index contributed by atoms with van der Waals surface area (Å²) in [6, 6.07) is 14.9. The Labute approximate surface area is 119 Å². The molecule has 3 nitrogen and oxygen atoms in total. The zero-order valence-corrected chi connectivity index (χ0v) is 12.0. The van der Waals surface area contributed by atoms with Crippen molar-refractivity contribution in [1.82, 2.24) is 0 Å². The number of ketones is 1. The number of azo groups is 1. The third kappa shape index (κ3) is 3.22. The van der Waals surface area contributed by atoms with Gasteiger partial charge in [0, 0.05) is 9.13 Å². The SMILES string of the molecule is CC(=O)c1cccc(N=Nc2ccccc2I)c1. The molecule has 0 aliphatic rings. The molecule has 18 heavy (non-hydrogen) atoms. The summed E-state index contributed by atoms with van der Waals surface area (Å²) in [4.78, 5) is 11.3. The van der Waals surface area contributed by atoms with Crippen LogP contribution in [-0.4, -0.2) is 5.78 Å². The highest BCUT2D eigenvalue weighted by Gasteiger charge is 2.00. The summed E-state index contributed by atoms with van der Waals surface area (Å²) in [5.41, 5.74) is 2.16. The minimum atomic E-state index is 0.0290. The van der Waals surface area contributed by atoms with Gasteiger partial charge in [0.15, 0.2) is 5.78 Å². The van der Waals surface area contributed by atoms with Crippen LogP contribution in [0, 0.1) is 3.57 Å². The molecule has 0 radical (unpaired) electrons. The first-order valence-corrected chi connectivity index (χ1v) is 6.52. The van der Waals surface area contributed by atoms with Crippen LogP contribution in [0.1, 0.15) is 17.3 Å². The third-order valence-corrected chi connectivity index (χ3v) is 3.29. The summed E-state index contributed by atoms with van der Waals surface area (Å²) in [6.07, 6.45) is 0. The molecule has 0 amide bonds. The standard InChI is InChI=1S/C14H11IN2O/c1-10(18)11-5-4-6-12(9-11)16-17-14-8-3-2-7-13(14)15/h2-9H,1H3. The lowest BCUT2D eigenvalue weighted by atomic mass is 10.1. The van der Waals surface area contributed by atoms with Crippen LogP contribution < -0.4 is 0 Å². The second-order valence-corrected chi connectivity index (χ2v) is 4.92. The molecule has 0 heterocycles. The summed E-state index contributed by atoms with van der Waals surface area (Å²) in [6.45, 7) is 1.54. The van der Waals surface area contributed by atoms with Crippen LogP contribution in [0.3, 0.4) is 0 Å². The van der Waals surface area contributed by atoms with Crippen molar-refractivity contribution in [2.24, 2.45) is 10.2 Å².